The number of hydrogen-bond donors (Lipinski definition) is 2. The molecule has 2 N–H and O–H groups in total. The lowest BCUT2D eigenvalue weighted by Gasteiger charge is -2.27. The van der Waals surface area contributed by atoms with Crippen molar-refractivity contribution < 1.29 is 8.78 Å². The fraction of sp³-hybridized carbons (Fsp3) is 0.375. The molecular weight excluding hydrogens is 304 g/mol. The maximum Gasteiger partial charge on any atom is 0.329 e. The highest BCUT2D eigenvalue weighted by Crippen LogP contribution is 2.29. The minimum Gasteiger partial charge on any atom is -0.364 e. The molecule has 1 aliphatic heterocycles. The molecule has 3 rings (SSSR count). The Balaban J connectivity index is 1.96. The molecule has 0 unspecified atom stereocenters. The molecule has 0 bridgehead atoms. The van der Waals surface area contributed by atoms with Crippen molar-refractivity contribution in [3.8, 4) is 0 Å². The Morgan fingerprint density at radius 2 is 2.04 bits per heavy atom. The fourth-order valence-electron chi connectivity index (χ4n) is 2.91. The lowest BCUT2D eigenvalue weighted by molar-refractivity contribution is 0.504. The summed E-state index contributed by atoms with van der Waals surface area (Å²) in [5, 5.41) is 3.05. The van der Waals surface area contributed by atoms with Gasteiger partial charge in [-0.25, -0.2) is 13.6 Å². The largest absolute Gasteiger partial charge is 0.364 e. The molecule has 23 heavy (non-hydrogen) atoms. The fourth-order valence-corrected chi connectivity index (χ4v) is 2.91. The van der Waals surface area contributed by atoms with Gasteiger partial charge in [-0.05, 0) is 37.0 Å². The van der Waals surface area contributed by atoms with E-state index in [1.165, 1.54) is 10.6 Å². The van der Waals surface area contributed by atoms with Gasteiger partial charge in [-0.3, -0.25) is 14.3 Å². The number of aromatic nitrogens is 2. The number of anilines is 1. The molecule has 0 aliphatic carbocycles. The molecule has 2 heterocycles. The second-order valence-electron chi connectivity index (χ2n) is 5.65. The van der Waals surface area contributed by atoms with E-state index in [2.05, 4.69) is 10.3 Å². The summed E-state index contributed by atoms with van der Waals surface area (Å²) in [7, 11) is 0. The number of nitrogens with one attached hydrogen (secondary N) is 2. The molecule has 2 aromatic rings. The standard InChI is InChI=1S/C16H17F2N3O2/c1-2-7-21-15(22)10-4-6-13(19-14(10)20-16(21)23)9-3-5-11(17)12(18)8-9/h3,5,8,13,19H,2,4,6-7H2,1H3,(H,20,23)/t13-/m1/s1. The lowest BCUT2D eigenvalue weighted by atomic mass is 9.95. The van der Waals surface area contributed by atoms with E-state index >= 15 is 0 Å². The van der Waals surface area contributed by atoms with Crippen LogP contribution in [0.3, 0.4) is 0 Å². The predicted octanol–water partition coefficient (Wildman–Crippen LogP) is 2.32. The highest BCUT2D eigenvalue weighted by atomic mass is 19.2. The monoisotopic (exact) mass is 321 g/mol. The van der Waals surface area contributed by atoms with Crippen molar-refractivity contribution >= 4 is 5.82 Å². The van der Waals surface area contributed by atoms with Gasteiger partial charge in [-0.1, -0.05) is 13.0 Å². The van der Waals surface area contributed by atoms with Crippen molar-refractivity contribution in [2.45, 2.75) is 38.8 Å². The summed E-state index contributed by atoms with van der Waals surface area (Å²) in [5.41, 5.74) is 0.348. The quantitative estimate of drug-likeness (QED) is 0.912. The maximum atomic E-state index is 13.4. The third kappa shape index (κ3) is 2.78. The SMILES string of the molecule is CCCn1c(=O)[nH]c2c(c1=O)CC[C@H](c1ccc(F)c(F)c1)N2. The van der Waals surface area contributed by atoms with E-state index in [0.29, 0.717) is 42.8 Å². The number of hydrogen-bond acceptors (Lipinski definition) is 3. The summed E-state index contributed by atoms with van der Waals surface area (Å²) in [6.07, 6.45) is 1.71. The van der Waals surface area contributed by atoms with E-state index in [-0.39, 0.29) is 11.6 Å². The number of H-pyrrole nitrogens is 1. The topological polar surface area (TPSA) is 66.9 Å². The zero-order chi connectivity index (χ0) is 16.6. The van der Waals surface area contributed by atoms with E-state index in [1.54, 1.807) is 0 Å². The average Bonchev–Trinajstić information content (AvgIpc) is 2.53. The van der Waals surface area contributed by atoms with Crippen LogP contribution in [0.5, 0.6) is 0 Å². The van der Waals surface area contributed by atoms with Crippen molar-refractivity contribution in [1.29, 1.82) is 0 Å². The van der Waals surface area contributed by atoms with Gasteiger partial charge in [0.05, 0.1) is 11.6 Å². The smallest absolute Gasteiger partial charge is 0.329 e. The average molecular weight is 321 g/mol. The summed E-state index contributed by atoms with van der Waals surface area (Å²) < 4.78 is 27.6. The molecule has 0 saturated carbocycles. The highest BCUT2D eigenvalue weighted by Gasteiger charge is 2.24. The van der Waals surface area contributed by atoms with Crippen LogP contribution in [-0.4, -0.2) is 9.55 Å². The number of fused-ring (bicyclic) bond motifs is 1. The number of halogens is 2. The summed E-state index contributed by atoms with van der Waals surface area (Å²) in [5.74, 6) is -1.45. The third-order valence-electron chi connectivity index (χ3n) is 4.08. The van der Waals surface area contributed by atoms with Crippen molar-refractivity contribution in [1.82, 2.24) is 9.55 Å². The Labute approximate surface area is 131 Å². The summed E-state index contributed by atoms with van der Waals surface area (Å²) in [6, 6.07) is 3.42. The highest BCUT2D eigenvalue weighted by molar-refractivity contribution is 5.47. The van der Waals surface area contributed by atoms with E-state index < -0.39 is 17.3 Å². The van der Waals surface area contributed by atoms with Gasteiger partial charge < -0.3 is 5.32 Å². The molecule has 0 radical (unpaired) electrons. The van der Waals surface area contributed by atoms with Crippen molar-refractivity contribution in [2.75, 3.05) is 5.32 Å². The minimum atomic E-state index is -0.915. The second-order valence-corrected chi connectivity index (χ2v) is 5.65. The molecule has 5 nitrogen and oxygen atoms in total. The molecule has 7 heteroatoms. The molecule has 1 atom stereocenters. The van der Waals surface area contributed by atoms with Gasteiger partial charge in [0.15, 0.2) is 11.6 Å². The normalized spacial score (nSPS) is 16.7. The molecule has 0 spiro atoms. The van der Waals surface area contributed by atoms with Crippen LogP contribution in [0.1, 0.15) is 36.9 Å². The number of benzene rings is 1. The number of nitrogens with zero attached hydrogens (tertiary/aromatic N) is 1. The van der Waals surface area contributed by atoms with Gasteiger partial charge in [-0.2, -0.15) is 0 Å². The molecule has 0 amide bonds. The zero-order valence-electron chi connectivity index (χ0n) is 12.7. The Morgan fingerprint density at radius 1 is 1.26 bits per heavy atom. The van der Waals surface area contributed by atoms with Crippen LogP contribution in [0.2, 0.25) is 0 Å². The van der Waals surface area contributed by atoms with Crippen LogP contribution in [0, 0.1) is 11.6 Å². The van der Waals surface area contributed by atoms with Crippen LogP contribution in [0.15, 0.2) is 27.8 Å². The number of rotatable bonds is 3. The van der Waals surface area contributed by atoms with E-state index in [9.17, 15) is 18.4 Å². The Bertz CT molecular complexity index is 857. The minimum absolute atomic E-state index is 0.283. The summed E-state index contributed by atoms with van der Waals surface area (Å²) in [6.45, 7) is 2.26. The van der Waals surface area contributed by atoms with E-state index in [0.717, 1.165) is 12.1 Å². The second kappa shape index (κ2) is 5.98. The third-order valence-corrected chi connectivity index (χ3v) is 4.08. The van der Waals surface area contributed by atoms with E-state index in [1.807, 2.05) is 6.92 Å². The lowest BCUT2D eigenvalue weighted by Crippen LogP contribution is -2.40. The molecular formula is C16H17F2N3O2. The molecule has 1 aromatic heterocycles. The molecule has 1 aliphatic rings. The maximum absolute atomic E-state index is 13.4. The Hall–Kier alpha value is -2.44. The van der Waals surface area contributed by atoms with Gasteiger partial charge in [-0.15, -0.1) is 0 Å². The van der Waals surface area contributed by atoms with Crippen LogP contribution < -0.4 is 16.6 Å². The van der Waals surface area contributed by atoms with Crippen LogP contribution in [0.25, 0.3) is 0 Å². The molecule has 1 aromatic carbocycles. The molecule has 0 fully saturated rings. The van der Waals surface area contributed by atoms with Crippen LogP contribution >= 0.6 is 0 Å². The first-order valence-corrected chi connectivity index (χ1v) is 7.58. The first-order chi connectivity index (χ1) is 11.0. The molecule has 0 saturated heterocycles. The number of aromatic amines is 1. The van der Waals surface area contributed by atoms with Gasteiger partial charge in [0.1, 0.15) is 5.82 Å². The van der Waals surface area contributed by atoms with Gasteiger partial charge in [0.25, 0.3) is 5.56 Å². The molecule has 122 valence electrons. The van der Waals surface area contributed by atoms with Crippen molar-refractivity contribution in [3.63, 3.8) is 0 Å². The van der Waals surface area contributed by atoms with Gasteiger partial charge in [0.2, 0.25) is 0 Å². The van der Waals surface area contributed by atoms with Crippen LogP contribution in [0.4, 0.5) is 14.6 Å². The Kier molecular flexibility index (Phi) is 4.02. The van der Waals surface area contributed by atoms with Crippen LogP contribution in [-0.2, 0) is 13.0 Å². The zero-order valence-corrected chi connectivity index (χ0v) is 12.7. The Morgan fingerprint density at radius 3 is 2.74 bits per heavy atom. The predicted molar refractivity (Wildman–Crippen MR) is 82.7 cm³/mol. The van der Waals surface area contributed by atoms with Gasteiger partial charge >= 0.3 is 5.69 Å². The van der Waals surface area contributed by atoms with Gasteiger partial charge in [0, 0.05) is 6.54 Å². The summed E-state index contributed by atoms with van der Waals surface area (Å²) in [4.78, 5) is 27.0. The summed E-state index contributed by atoms with van der Waals surface area (Å²) >= 11 is 0. The van der Waals surface area contributed by atoms with E-state index in [4.69, 9.17) is 0 Å². The van der Waals surface area contributed by atoms with Crippen molar-refractivity contribution in [2.24, 2.45) is 0 Å². The van der Waals surface area contributed by atoms with Crippen molar-refractivity contribution in [3.05, 3.63) is 61.8 Å². The first-order valence-electron chi connectivity index (χ1n) is 7.58. The first kappa shape index (κ1) is 15.5.